The Morgan fingerprint density at radius 2 is 2.47 bits per heavy atom. The topological polar surface area (TPSA) is 81.1 Å². The molecular formula is C9H14N6. The molecule has 0 bridgehead atoms. The summed E-state index contributed by atoms with van der Waals surface area (Å²) in [6.07, 6.45) is 6.08. The number of anilines is 1. The lowest BCUT2D eigenvalue weighted by molar-refractivity contribution is 0.678. The Bertz CT molecular complexity index is 437. The molecule has 1 unspecified atom stereocenters. The lowest BCUT2D eigenvalue weighted by atomic mass is 10.2. The van der Waals surface area contributed by atoms with Gasteiger partial charge in [-0.05, 0) is 6.42 Å². The fraction of sp³-hybridized carbons (Fsp3) is 0.444. The average Bonchev–Trinajstić information content (AvgIpc) is 2.74. The van der Waals surface area contributed by atoms with Gasteiger partial charge >= 0.3 is 0 Å². The van der Waals surface area contributed by atoms with E-state index < -0.39 is 0 Å². The van der Waals surface area contributed by atoms with Crippen molar-refractivity contribution in [2.75, 3.05) is 11.9 Å². The molecule has 2 heterocycles. The summed E-state index contributed by atoms with van der Waals surface area (Å²) in [5.41, 5.74) is 6.53. The van der Waals surface area contributed by atoms with Crippen LogP contribution < -0.4 is 11.1 Å². The van der Waals surface area contributed by atoms with Gasteiger partial charge in [0.15, 0.2) is 5.82 Å². The Labute approximate surface area is 87.5 Å². The van der Waals surface area contributed by atoms with Gasteiger partial charge in [-0.25, -0.2) is 4.98 Å². The molecule has 0 aliphatic heterocycles. The zero-order valence-corrected chi connectivity index (χ0v) is 8.59. The Morgan fingerprint density at radius 3 is 3.27 bits per heavy atom. The summed E-state index contributed by atoms with van der Waals surface area (Å²) in [5.74, 6) is 0.721. The van der Waals surface area contributed by atoms with Crippen molar-refractivity contribution < 1.29 is 0 Å². The third-order valence-electron chi connectivity index (χ3n) is 2.27. The van der Waals surface area contributed by atoms with Crippen LogP contribution in [0.2, 0.25) is 0 Å². The Hall–Kier alpha value is -1.69. The molecular weight excluding hydrogens is 192 g/mol. The number of hydrogen-bond donors (Lipinski definition) is 2. The van der Waals surface area contributed by atoms with E-state index >= 15 is 0 Å². The first-order chi connectivity index (χ1) is 7.31. The molecule has 0 spiro atoms. The van der Waals surface area contributed by atoms with Gasteiger partial charge in [0.1, 0.15) is 6.33 Å². The van der Waals surface area contributed by atoms with Crippen LogP contribution in [0.1, 0.15) is 13.3 Å². The van der Waals surface area contributed by atoms with Gasteiger partial charge in [0.05, 0.1) is 0 Å². The molecule has 0 amide bonds. The number of nitrogens with one attached hydrogen (secondary N) is 1. The van der Waals surface area contributed by atoms with Gasteiger partial charge in [-0.3, -0.25) is 4.40 Å². The average molecular weight is 206 g/mol. The van der Waals surface area contributed by atoms with Crippen LogP contribution in [0.3, 0.4) is 0 Å². The first-order valence-electron chi connectivity index (χ1n) is 4.95. The molecule has 3 N–H and O–H groups in total. The van der Waals surface area contributed by atoms with E-state index in [1.54, 1.807) is 18.7 Å². The Kier molecular flexibility index (Phi) is 2.77. The molecule has 2 aromatic heterocycles. The fourth-order valence-corrected chi connectivity index (χ4v) is 1.26. The van der Waals surface area contributed by atoms with Gasteiger partial charge in [-0.15, -0.1) is 10.2 Å². The van der Waals surface area contributed by atoms with Crippen LogP contribution in [-0.2, 0) is 0 Å². The van der Waals surface area contributed by atoms with Gasteiger partial charge in [-0.2, -0.15) is 0 Å². The second kappa shape index (κ2) is 4.22. The maximum atomic E-state index is 5.81. The predicted octanol–water partition coefficient (Wildman–Crippen LogP) is 0.273. The van der Waals surface area contributed by atoms with E-state index in [4.69, 9.17) is 5.73 Å². The van der Waals surface area contributed by atoms with E-state index in [1.807, 2.05) is 4.40 Å². The lowest BCUT2D eigenvalue weighted by Crippen LogP contribution is -2.28. The Balaban J connectivity index is 2.17. The second-order valence-electron chi connectivity index (χ2n) is 3.39. The van der Waals surface area contributed by atoms with Crippen molar-refractivity contribution in [1.82, 2.24) is 19.6 Å². The van der Waals surface area contributed by atoms with Crippen LogP contribution in [-0.4, -0.2) is 32.2 Å². The van der Waals surface area contributed by atoms with Gasteiger partial charge < -0.3 is 11.1 Å². The molecule has 0 saturated carbocycles. The van der Waals surface area contributed by atoms with Gasteiger partial charge in [0.2, 0.25) is 5.65 Å². The lowest BCUT2D eigenvalue weighted by Gasteiger charge is -2.10. The molecule has 80 valence electrons. The molecule has 2 rings (SSSR count). The highest BCUT2D eigenvalue weighted by Crippen LogP contribution is 2.09. The van der Waals surface area contributed by atoms with Gasteiger partial charge in [0.25, 0.3) is 0 Å². The first-order valence-corrected chi connectivity index (χ1v) is 4.95. The van der Waals surface area contributed by atoms with E-state index in [1.165, 1.54) is 0 Å². The summed E-state index contributed by atoms with van der Waals surface area (Å²) in [4.78, 5) is 4.20. The summed E-state index contributed by atoms with van der Waals surface area (Å²) < 4.78 is 1.81. The van der Waals surface area contributed by atoms with Crippen molar-refractivity contribution in [2.45, 2.75) is 19.4 Å². The third-order valence-corrected chi connectivity index (χ3v) is 2.27. The minimum absolute atomic E-state index is 0.134. The normalized spacial score (nSPS) is 12.9. The molecule has 15 heavy (non-hydrogen) atoms. The molecule has 2 aromatic rings. The van der Waals surface area contributed by atoms with Crippen LogP contribution in [0.4, 0.5) is 5.82 Å². The van der Waals surface area contributed by atoms with E-state index in [-0.39, 0.29) is 6.04 Å². The van der Waals surface area contributed by atoms with Crippen LogP contribution in [0.15, 0.2) is 18.7 Å². The number of nitrogens with zero attached hydrogens (tertiary/aromatic N) is 4. The van der Waals surface area contributed by atoms with Gasteiger partial charge in [0, 0.05) is 25.0 Å². The molecule has 6 nitrogen and oxygen atoms in total. The maximum Gasteiger partial charge on any atom is 0.203 e. The van der Waals surface area contributed by atoms with E-state index in [0.717, 1.165) is 17.9 Å². The summed E-state index contributed by atoms with van der Waals surface area (Å²) in [6.45, 7) is 2.74. The van der Waals surface area contributed by atoms with Crippen LogP contribution in [0.25, 0.3) is 5.65 Å². The predicted molar refractivity (Wildman–Crippen MR) is 57.5 cm³/mol. The third kappa shape index (κ3) is 2.04. The summed E-state index contributed by atoms with van der Waals surface area (Å²) in [7, 11) is 0. The van der Waals surface area contributed by atoms with Crippen molar-refractivity contribution >= 4 is 11.5 Å². The maximum absolute atomic E-state index is 5.81. The zero-order valence-electron chi connectivity index (χ0n) is 8.59. The van der Waals surface area contributed by atoms with Crippen molar-refractivity contribution in [3.63, 3.8) is 0 Å². The minimum atomic E-state index is 0.134. The standard InChI is InChI=1S/C9H14N6/c1-2-7(10)5-12-8-9-14-13-6-15(9)4-3-11-8/h3-4,6-7H,2,5,10H2,1H3,(H,11,12). The molecule has 0 aliphatic carbocycles. The van der Waals surface area contributed by atoms with Crippen molar-refractivity contribution in [1.29, 1.82) is 0 Å². The smallest absolute Gasteiger partial charge is 0.203 e. The molecule has 0 saturated heterocycles. The zero-order chi connectivity index (χ0) is 10.7. The number of fused-ring (bicyclic) bond motifs is 1. The number of aromatic nitrogens is 4. The summed E-state index contributed by atoms with van der Waals surface area (Å²) >= 11 is 0. The quantitative estimate of drug-likeness (QED) is 0.750. The van der Waals surface area contributed by atoms with Crippen LogP contribution in [0, 0.1) is 0 Å². The summed E-state index contributed by atoms with van der Waals surface area (Å²) in [6, 6.07) is 0.134. The summed E-state index contributed by atoms with van der Waals surface area (Å²) in [5, 5.41) is 10.9. The highest BCUT2D eigenvalue weighted by Gasteiger charge is 2.05. The first kappa shape index (κ1) is 9.85. The monoisotopic (exact) mass is 206 g/mol. The largest absolute Gasteiger partial charge is 0.365 e. The second-order valence-corrected chi connectivity index (χ2v) is 3.39. The fourth-order valence-electron chi connectivity index (χ4n) is 1.26. The molecule has 0 aliphatic rings. The van der Waals surface area contributed by atoms with Crippen LogP contribution >= 0.6 is 0 Å². The van der Waals surface area contributed by atoms with Crippen molar-refractivity contribution in [3.8, 4) is 0 Å². The minimum Gasteiger partial charge on any atom is -0.365 e. The highest BCUT2D eigenvalue weighted by atomic mass is 15.2. The molecule has 1 atom stereocenters. The number of rotatable bonds is 4. The van der Waals surface area contributed by atoms with Crippen molar-refractivity contribution in [2.24, 2.45) is 5.73 Å². The number of hydrogen-bond acceptors (Lipinski definition) is 5. The molecule has 0 aromatic carbocycles. The molecule has 6 heteroatoms. The number of nitrogens with two attached hydrogens (primary N) is 1. The van der Waals surface area contributed by atoms with E-state index in [0.29, 0.717) is 6.54 Å². The van der Waals surface area contributed by atoms with Crippen molar-refractivity contribution in [3.05, 3.63) is 18.7 Å². The SMILES string of the molecule is CCC(N)CNc1nccn2cnnc12. The van der Waals surface area contributed by atoms with E-state index in [9.17, 15) is 0 Å². The molecule has 0 fully saturated rings. The van der Waals surface area contributed by atoms with Gasteiger partial charge in [-0.1, -0.05) is 6.92 Å². The van der Waals surface area contributed by atoms with E-state index in [2.05, 4.69) is 27.4 Å². The molecule has 0 radical (unpaired) electrons. The highest BCUT2D eigenvalue weighted by molar-refractivity contribution is 5.61. The van der Waals surface area contributed by atoms with Crippen LogP contribution in [0.5, 0.6) is 0 Å². The Morgan fingerprint density at radius 1 is 1.60 bits per heavy atom.